The molecule has 1 fully saturated rings. The van der Waals surface area contributed by atoms with Crippen molar-refractivity contribution in [2.75, 3.05) is 20.1 Å². The first-order valence-corrected chi connectivity index (χ1v) is 7.08. The summed E-state index contributed by atoms with van der Waals surface area (Å²) >= 11 is 0. The molecule has 5 heteroatoms. The van der Waals surface area contributed by atoms with Crippen molar-refractivity contribution in [2.45, 2.75) is 37.8 Å². The van der Waals surface area contributed by atoms with E-state index in [0.29, 0.717) is 12.6 Å². The molecule has 2 N–H and O–H groups in total. The first-order chi connectivity index (χ1) is 9.49. The number of pyridine rings is 1. The highest BCUT2D eigenvalue weighted by molar-refractivity contribution is 5.78. The molecule has 5 nitrogen and oxygen atoms in total. The van der Waals surface area contributed by atoms with E-state index >= 15 is 0 Å². The zero-order valence-electron chi connectivity index (χ0n) is 12.2. The molecule has 0 aromatic carbocycles. The van der Waals surface area contributed by atoms with E-state index < -0.39 is 11.5 Å². The maximum Gasteiger partial charge on any atom is 0.324 e. The fourth-order valence-corrected chi connectivity index (χ4v) is 2.34. The lowest BCUT2D eigenvalue weighted by Crippen LogP contribution is -2.57. The van der Waals surface area contributed by atoms with E-state index in [9.17, 15) is 9.90 Å². The second kappa shape index (κ2) is 6.33. The van der Waals surface area contributed by atoms with Crippen LogP contribution in [0.25, 0.3) is 0 Å². The molecule has 0 radical (unpaired) electrons. The predicted molar refractivity (Wildman–Crippen MR) is 77.6 cm³/mol. The van der Waals surface area contributed by atoms with Crippen LogP contribution in [0.2, 0.25) is 0 Å². The summed E-state index contributed by atoms with van der Waals surface area (Å²) in [7, 11) is 1.97. The number of nitrogens with one attached hydrogen (secondary N) is 1. The molecule has 1 aliphatic carbocycles. The minimum absolute atomic E-state index is 0.379. The average molecular weight is 277 g/mol. The normalized spacial score (nSPS) is 17.9. The maximum absolute atomic E-state index is 11.5. The zero-order valence-corrected chi connectivity index (χ0v) is 12.2. The van der Waals surface area contributed by atoms with E-state index in [4.69, 9.17) is 0 Å². The van der Waals surface area contributed by atoms with E-state index in [0.717, 1.165) is 25.8 Å². The van der Waals surface area contributed by atoms with E-state index in [2.05, 4.69) is 15.2 Å². The highest BCUT2D eigenvalue weighted by Crippen LogP contribution is 2.23. The Hall–Kier alpha value is -1.46. The standard InChI is InChI=1S/C15H23N3O2/c1-15(14(19)20,17-13-3-4-13)11-18(2)10-7-12-5-8-16-9-6-12/h5-6,8-9,13,17H,3-4,7,10-11H2,1-2H3,(H,19,20). The van der Waals surface area contributed by atoms with Crippen LogP contribution in [0.5, 0.6) is 0 Å². The van der Waals surface area contributed by atoms with Gasteiger partial charge >= 0.3 is 5.97 Å². The van der Waals surface area contributed by atoms with Gasteiger partial charge in [-0.25, -0.2) is 0 Å². The van der Waals surface area contributed by atoms with Crippen LogP contribution >= 0.6 is 0 Å². The van der Waals surface area contributed by atoms with Crippen molar-refractivity contribution < 1.29 is 9.90 Å². The molecular weight excluding hydrogens is 254 g/mol. The highest BCUT2D eigenvalue weighted by Gasteiger charge is 2.39. The van der Waals surface area contributed by atoms with Gasteiger partial charge in [-0.15, -0.1) is 0 Å². The molecule has 0 bridgehead atoms. The van der Waals surface area contributed by atoms with E-state index in [-0.39, 0.29) is 0 Å². The molecule has 1 aromatic rings. The molecular formula is C15H23N3O2. The molecule has 0 amide bonds. The second-order valence-electron chi connectivity index (χ2n) is 5.90. The topological polar surface area (TPSA) is 65.5 Å². The number of likely N-dealkylation sites (N-methyl/N-ethyl adjacent to an activating group) is 1. The number of hydrogen-bond acceptors (Lipinski definition) is 4. The van der Waals surface area contributed by atoms with Gasteiger partial charge in [-0.1, -0.05) is 0 Å². The average Bonchev–Trinajstić information content (AvgIpc) is 3.21. The van der Waals surface area contributed by atoms with Gasteiger partial charge in [-0.2, -0.15) is 0 Å². The minimum Gasteiger partial charge on any atom is -0.480 e. The quantitative estimate of drug-likeness (QED) is 0.746. The summed E-state index contributed by atoms with van der Waals surface area (Å²) in [5.41, 5.74) is 0.354. The molecule has 1 saturated carbocycles. The Morgan fingerprint density at radius 3 is 2.70 bits per heavy atom. The fourth-order valence-electron chi connectivity index (χ4n) is 2.34. The molecule has 1 heterocycles. The number of rotatable bonds is 8. The van der Waals surface area contributed by atoms with Crippen LogP contribution in [-0.2, 0) is 11.2 Å². The van der Waals surface area contributed by atoms with Crippen molar-refractivity contribution >= 4 is 5.97 Å². The van der Waals surface area contributed by atoms with Gasteiger partial charge in [0.25, 0.3) is 0 Å². The first-order valence-electron chi connectivity index (χ1n) is 7.08. The van der Waals surface area contributed by atoms with E-state index in [1.54, 1.807) is 19.3 Å². The summed E-state index contributed by atoms with van der Waals surface area (Å²) in [6.07, 6.45) is 6.64. The third kappa shape index (κ3) is 4.28. The van der Waals surface area contributed by atoms with Gasteiger partial charge in [0.05, 0.1) is 0 Å². The number of aromatic nitrogens is 1. The molecule has 1 aromatic heterocycles. The zero-order chi connectivity index (χ0) is 14.6. The highest BCUT2D eigenvalue weighted by atomic mass is 16.4. The molecule has 0 spiro atoms. The largest absolute Gasteiger partial charge is 0.480 e. The lowest BCUT2D eigenvalue weighted by atomic mass is 10.0. The number of carboxylic acids is 1. The summed E-state index contributed by atoms with van der Waals surface area (Å²) in [6.45, 7) is 3.11. The third-order valence-corrected chi connectivity index (χ3v) is 3.69. The van der Waals surface area contributed by atoms with Crippen molar-refractivity contribution in [2.24, 2.45) is 0 Å². The van der Waals surface area contributed by atoms with E-state index in [1.165, 1.54) is 5.56 Å². The summed E-state index contributed by atoms with van der Waals surface area (Å²) < 4.78 is 0. The Bertz CT molecular complexity index is 448. The van der Waals surface area contributed by atoms with Gasteiger partial charge in [-0.3, -0.25) is 15.1 Å². The van der Waals surface area contributed by atoms with Crippen molar-refractivity contribution in [1.82, 2.24) is 15.2 Å². The van der Waals surface area contributed by atoms with Crippen molar-refractivity contribution in [3.8, 4) is 0 Å². The molecule has 0 saturated heterocycles. The van der Waals surface area contributed by atoms with Crippen LogP contribution in [0.1, 0.15) is 25.3 Å². The van der Waals surface area contributed by atoms with Gasteiger partial charge < -0.3 is 10.0 Å². The van der Waals surface area contributed by atoms with Crippen LogP contribution in [-0.4, -0.2) is 52.7 Å². The molecule has 2 rings (SSSR count). The molecule has 0 aliphatic heterocycles. The lowest BCUT2D eigenvalue weighted by Gasteiger charge is -2.31. The smallest absolute Gasteiger partial charge is 0.324 e. The maximum atomic E-state index is 11.5. The first kappa shape index (κ1) is 14.9. The Morgan fingerprint density at radius 2 is 2.15 bits per heavy atom. The summed E-state index contributed by atoms with van der Waals surface area (Å²) in [5.74, 6) is -0.778. The molecule has 20 heavy (non-hydrogen) atoms. The van der Waals surface area contributed by atoms with Crippen LogP contribution in [0.4, 0.5) is 0 Å². The number of carbonyl (C=O) groups is 1. The summed E-state index contributed by atoms with van der Waals surface area (Å²) in [4.78, 5) is 17.6. The lowest BCUT2D eigenvalue weighted by molar-refractivity contribution is -0.145. The van der Waals surface area contributed by atoms with Gasteiger partial charge in [0.2, 0.25) is 0 Å². The van der Waals surface area contributed by atoms with Gasteiger partial charge in [0.15, 0.2) is 0 Å². The number of aliphatic carboxylic acids is 1. The van der Waals surface area contributed by atoms with Gasteiger partial charge in [-0.05, 0) is 50.9 Å². The Labute approximate surface area is 120 Å². The van der Waals surface area contributed by atoms with Crippen LogP contribution in [0.15, 0.2) is 24.5 Å². The van der Waals surface area contributed by atoms with Gasteiger partial charge in [0, 0.05) is 31.5 Å². The third-order valence-electron chi connectivity index (χ3n) is 3.69. The summed E-state index contributed by atoms with van der Waals surface area (Å²) in [6, 6.07) is 4.36. The summed E-state index contributed by atoms with van der Waals surface area (Å²) in [5, 5.41) is 12.7. The number of nitrogens with zero attached hydrogens (tertiary/aromatic N) is 2. The van der Waals surface area contributed by atoms with Crippen LogP contribution in [0, 0.1) is 0 Å². The van der Waals surface area contributed by atoms with Crippen LogP contribution in [0.3, 0.4) is 0 Å². The minimum atomic E-state index is -0.867. The molecule has 1 atom stereocenters. The van der Waals surface area contributed by atoms with E-state index in [1.807, 2.05) is 19.2 Å². The SMILES string of the molecule is CN(CCc1ccncc1)CC(C)(NC1CC1)C(=O)O. The fraction of sp³-hybridized carbons (Fsp3) is 0.600. The Kier molecular flexibility index (Phi) is 4.73. The molecule has 1 aliphatic rings. The second-order valence-corrected chi connectivity index (χ2v) is 5.90. The Morgan fingerprint density at radius 1 is 1.50 bits per heavy atom. The predicted octanol–water partition coefficient (Wildman–Crippen LogP) is 1.15. The van der Waals surface area contributed by atoms with Crippen molar-refractivity contribution in [3.63, 3.8) is 0 Å². The Balaban J connectivity index is 1.84. The van der Waals surface area contributed by atoms with Crippen molar-refractivity contribution in [1.29, 1.82) is 0 Å². The molecule has 1 unspecified atom stereocenters. The number of carboxylic acid groups (broad SMARTS) is 1. The monoisotopic (exact) mass is 277 g/mol. The molecule has 110 valence electrons. The van der Waals surface area contributed by atoms with Crippen molar-refractivity contribution in [3.05, 3.63) is 30.1 Å². The number of hydrogen-bond donors (Lipinski definition) is 2. The van der Waals surface area contributed by atoms with Crippen LogP contribution < -0.4 is 5.32 Å². The van der Waals surface area contributed by atoms with Gasteiger partial charge in [0.1, 0.15) is 5.54 Å².